The highest BCUT2D eigenvalue weighted by Gasteiger charge is 2.21. The topological polar surface area (TPSA) is 137 Å². The van der Waals surface area contributed by atoms with Crippen LogP contribution in [-0.2, 0) is 10.0 Å². The van der Waals surface area contributed by atoms with Crippen molar-refractivity contribution < 1.29 is 22.7 Å². The second-order valence-corrected chi connectivity index (χ2v) is 7.04. The summed E-state index contributed by atoms with van der Waals surface area (Å²) in [5.74, 6) is 5.69. The minimum atomic E-state index is -3.98. The van der Waals surface area contributed by atoms with E-state index in [1.165, 1.54) is 32.4 Å². The van der Waals surface area contributed by atoms with Crippen LogP contribution in [0.4, 0.5) is 11.4 Å². The number of nitrogens with one attached hydrogen (secondary N) is 1. The number of hydrogen-bond acceptors (Lipinski definition) is 7. The number of carbonyl (C=O) groups is 1. The fraction of sp³-hybridized carbons (Fsp3) is 0.235. The molecule has 146 valence electrons. The van der Waals surface area contributed by atoms with Crippen LogP contribution in [0.3, 0.4) is 0 Å². The number of amides is 1. The molecule has 0 saturated carbocycles. The van der Waals surface area contributed by atoms with E-state index in [0.717, 1.165) is 0 Å². The third-order valence-electron chi connectivity index (χ3n) is 3.96. The van der Waals surface area contributed by atoms with Crippen molar-refractivity contribution >= 4 is 27.3 Å². The van der Waals surface area contributed by atoms with E-state index in [9.17, 15) is 13.2 Å². The van der Waals surface area contributed by atoms with Crippen LogP contribution in [0.1, 0.15) is 17.3 Å². The maximum Gasteiger partial charge on any atom is 0.267 e. The van der Waals surface area contributed by atoms with E-state index in [1.54, 1.807) is 23.1 Å². The highest BCUT2D eigenvalue weighted by Crippen LogP contribution is 2.36. The van der Waals surface area contributed by atoms with Crippen LogP contribution in [0.5, 0.6) is 11.5 Å². The second-order valence-electron chi connectivity index (χ2n) is 5.48. The van der Waals surface area contributed by atoms with Gasteiger partial charge in [0.05, 0.1) is 30.4 Å². The Labute approximate surface area is 157 Å². The molecular weight excluding hydrogens is 372 g/mol. The predicted octanol–water partition coefficient (Wildman–Crippen LogP) is 1.11. The monoisotopic (exact) mass is 394 g/mol. The zero-order valence-electron chi connectivity index (χ0n) is 15.2. The lowest BCUT2D eigenvalue weighted by atomic mass is 10.1. The van der Waals surface area contributed by atoms with Crippen molar-refractivity contribution in [2.45, 2.75) is 11.8 Å². The van der Waals surface area contributed by atoms with Gasteiger partial charge in [0.2, 0.25) is 10.0 Å². The summed E-state index contributed by atoms with van der Waals surface area (Å²) < 4.78 is 33.8. The minimum Gasteiger partial charge on any atom is -0.493 e. The van der Waals surface area contributed by atoms with Crippen LogP contribution in [0.25, 0.3) is 0 Å². The molecule has 2 aromatic rings. The largest absolute Gasteiger partial charge is 0.493 e. The Hall–Kier alpha value is -2.82. The lowest BCUT2D eigenvalue weighted by molar-refractivity contribution is 0.0954. The Kier molecular flexibility index (Phi) is 6.26. The zero-order valence-corrected chi connectivity index (χ0v) is 16.0. The summed E-state index contributed by atoms with van der Waals surface area (Å²) in [6, 6.07) is 9.31. The van der Waals surface area contributed by atoms with Gasteiger partial charge in [-0.15, -0.1) is 0 Å². The van der Waals surface area contributed by atoms with Gasteiger partial charge in [-0.1, -0.05) is 0 Å². The van der Waals surface area contributed by atoms with Crippen molar-refractivity contribution in [1.82, 2.24) is 5.43 Å². The number of ether oxygens (including phenoxy) is 2. The molecule has 0 saturated heterocycles. The summed E-state index contributed by atoms with van der Waals surface area (Å²) in [5, 5.41) is 5.17. The molecule has 9 nitrogen and oxygen atoms in total. The molecule has 0 radical (unpaired) electrons. The summed E-state index contributed by atoms with van der Waals surface area (Å²) in [5.41, 5.74) is 3.27. The molecule has 0 aliphatic heterocycles. The van der Waals surface area contributed by atoms with E-state index in [-0.39, 0.29) is 10.5 Å². The van der Waals surface area contributed by atoms with E-state index in [1.807, 2.05) is 12.3 Å². The average molecular weight is 394 g/mol. The summed E-state index contributed by atoms with van der Waals surface area (Å²) in [6.45, 7) is 2.36. The fourth-order valence-electron chi connectivity index (χ4n) is 2.67. The quantitative estimate of drug-likeness (QED) is 0.363. The molecule has 0 aromatic heterocycles. The first-order valence-corrected chi connectivity index (χ1v) is 9.48. The Morgan fingerprint density at radius 2 is 1.78 bits per heavy atom. The second kappa shape index (κ2) is 8.25. The molecule has 2 rings (SSSR count). The molecule has 0 bridgehead atoms. The van der Waals surface area contributed by atoms with Gasteiger partial charge in [-0.3, -0.25) is 10.2 Å². The molecule has 2 aromatic carbocycles. The van der Waals surface area contributed by atoms with Crippen molar-refractivity contribution in [2.24, 2.45) is 11.0 Å². The molecule has 0 unspecified atom stereocenters. The van der Waals surface area contributed by atoms with E-state index < -0.39 is 15.9 Å². The first-order valence-electron chi connectivity index (χ1n) is 7.94. The molecule has 5 N–H and O–H groups in total. The van der Waals surface area contributed by atoms with Crippen molar-refractivity contribution in [3.63, 3.8) is 0 Å². The molecular formula is C17H22N4O5S. The number of nitrogen functional groups attached to an aromatic ring is 1. The van der Waals surface area contributed by atoms with Gasteiger partial charge < -0.3 is 14.4 Å². The number of methoxy groups -OCH3 is 2. The number of benzene rings is 2. The number of carbonyl (C=O) groups excluding carboxylic acids is 1. The van der Waals surface area contributed by atoms with Crippen molar-refractivity contribution in [1.29, 1.82) is 0 Å². The Morgan fingerprint density at radius 3 is 2.30 bits per heavy atom. The van der Waals surface area contributed by atoms with E-state index in [2.05, 4.69) is 0 Å². The van der Waals surface area contributed by atoms with E-state index >= 15 is 0 Å². The van der Waals surface area contributed by atoms with Gasteiger partial charge in [0, 0.05) is 18.3 Å². The zero-order chi connectivity index (χ0) is 20.2. The van der Waals surface area contributed by atoms with E-state index in [0.29, 0.717) is 29.4 Å². The van der Waals surface area contributed by atoms with Crippen LogP contribution < -0.4 is 30.8 Å². The molecule has 0 spiro atoms. The molecule has 10 heteroatoms. The van der Waals surface area contributed by atoms with E-state index in [4.69, 9.17) is 20.5 Å². The lowest BCUT2D eigenvalue weighted by Crippen LogP contribution is -2.32. The number of primary sulfonamides is 1. The standard InChI is InChI=1S/C17H22N4O5S/c1-4-21(11-5-8-15(25-2)16(9-11)26-3)14-7-6-12(27(19,23)24)10-13(14)17(22)20-18/h5-10H,4,18H2,1-3H3,(H,20,22)(H2,19,23,24). The number of rotatable bonds is 7. The number of hydrazine groups is 1. The number of nitrogens with two attached hydrogens (primary N) is 2. The van der Waals surface area contributed by atoms with Gasteiger partial charge in [0.25, 0.3) is 5.91 Å². The SMILES string of the molecule is CCN(c1ccc(OC)c(OC)c1)c1ccc(S(N)(=O)=O)cc1C(=O)NN. The van der Waals surface area contributed by atoms with Crippen molar-refractivity contribution in [3.8, 4) is 11.5 Å². The lowest BCUT2D eigenvalue weighted by Gasteiger charge is -2.26. The summed E-state index contributed by atoms with van der Waals surface area (Å²) in [6.07, 6.45) is 0. The van der Waals surface area contributed by atoms with Gasteiger partial charge in [-0.2, -0.15) is 0 Å². The number of hydrogen-bond donors (Lipinski definition) is 3. The molecule has 0 heterocycles. The van der Waals surface area contributed by atoms with Crippen LogP contribution in [0.15, 0.2) is 41.3 Å². The summed E-state index contributed by atoms with van der Waals surface area (Å²) >= 11 is 0. The van der Waals surface area contributed by atoms with Crippen LogP contribution in [0, 0.1) is 0 Å². The molecule has 1 amide bonds. The first-order chi connectivity index (χ1) is 12.8. The summed E-state index contributed by atoms with van der Waals surface area (Å²) in [7, 11) is -0.924. The average Bonchev–Trinajstić information content (AvgIpc) is 2.67. The number of sulfonamides is 1. The maximum absolute atomic E-state index is 12.2. The Bertz CT molecular complexity index is 946. The van der Waals surface area contributed by atoms with Crippen molar-refractivity contribution in [2.75, 3.05) is 25.7 Å². The van der Waals surface area contributed by atoms with Crippen LogP contribution in [-0.4, -0.2) is 35.1 Å². The van der Waals surface area contributed by atoms with Gasteiger partial charge in [-0.05, 0) is 37.3 Å². The molecule has 0 aliphatic rings. The Balaban J connectivity index is 2.64. The van der Waals surface area contributed by atoms with Crippen molar-refractivity contribution in [3.05, 3.63) is 42.0 Å². The number of nitrogens with zero attached hydrogens (tertiary/aromatic N) is 1. The minimum absolute atomic E-state index is 0.0701. The van der Waals surface area contributed by atoms with Gasteiger partial charge >= 0.3 is 0 Å². The van der Waals surface area contributed by atoms with Gasteiger partial charge in [0.15, 0.2) is 11.5 Å². The maximum atomic E-state index is 12.2. The Morgan fingerprint density at radius 1 is 1.11 bits per heavy atom. The normalized spacial score (nSPS) is 11.0. The smallest absolute Gasteiger partial charge is 0.267 e. The predicted molar refractivity (Wildman–Crippen MR) is 102 cm³/mol. The highest BCUT2D eigenvalue weighted by atomic mass is 32.2. The summed E-state index contributed by atoms with van der Waals surface area (Å²) in [4.78, 5) is 13.9. The third-order valence-corrected chi connectivity index (χ3v) is 4.87. The number of anilines is 2. The van der Waals surface area contributed by atoms with Crippen LogP contribution >= 0.6 is 0 Å². The molecule has 0 aliphatic carbocycles. The molecule has 0 fully saturated rings. The third kappa shape index (κ3) is 4.30. The molecule has 27 heavy (non-hydrogen) atoms. The fourth-order valence-corrected chi connectivity index (χ4v) is 3.21. The van der Waals surface area contributed by atoms with Gasteiger partial charge in [-0.25, -0.2) is 19.4 Å². The first kappa shape index (κ1) is 20.5. The van der Waals surface area contributed by atoms with Crippen LogP contribution in [0.2, 0.25) is 0 Å². The highest BCUT2D eigenvalue weighted by molar-refractivity contribution is 7.89. The molecule has 0 atom stereocenters. The van der Waals surface area contributed by atoms with Gasteiger partial charge in [0.1, 0.15) is 0 Å².